The van der Waals surface area contributed by atoms with Gasteiger partial charge >= 0.3 is 0 Å². The first-order valence-electron chi connectivity index (χ1n) is 4.53. The summed E-state index contributed by atoms with van der Waals surface area (Å²) in [5.41, 5.74) is 1.32. The highest BCUT2D eigenvalue weighted by atomic mass is 16.1. The van der Waals surface area contributed by atoms with Gasteiger partial charge in [-0.15, -0.1) is 0 Å². The summed E-state index contributed by atoms with van der Waals surface area (Å²) < 4.78 is 0. The molecule has 0 aliphatic carbocycles. The largest absolute Gasteiger partial charge is 0.300 e. The topological polar surface area (TPSA) is 34.1 Å². The maximum Gasteiger partial charge on any atom is 0.137 e. The van der Waals surface area contributed by atoms with Gasteiger partial charge < -0.3 is 0 Å². The Bertz CT molecular complexity index is 276. The molecule has 0 fully saturated rings. The highest BCUT2D eigenvalue weighted by molar-refractivity contribution is 5.96. The van der Waals surface area contributed by atoms with E-state index < -0.39 is 0 Å². The van der Waals surface area contributed by atoms with Crippen molar-refractivity contribution in [3.05, 3.63) is 35.9 Å². The third-order valence-corrected chi connectivity index (χ3v) is 1.44. The predicted octanol–water partition coefficient (Wildman–Crippen LogP) is 2.55. The van der Waals surface area contributed by atoms with Crippen LogP contribution in [0.25, 0.3) is 0 Å². The predicted molar refractivity (Wildman–Crippen MR) is 57.2 cm³/mol. The minimum atomic E-state index is -0.0625. The van der Waals surface area contributed by atoms with Crippen molar-refractivity contribution < 1.29 is 9.59 Å². The fourth-order valence-corrected chi connectivity index (χ4v) is 0.885. The van der Waals surface area contributed by atoms with Gasteiger partial charge in [-0.1, -0.05) is 35.9 Å². The molecule has 0 aliphatic heterocycles. The second kappa shape index (κ2) is 7.01. The zero-order chi connectivity index (χ0) is 11.0. The molecule has 0 aromatic heterocycles. The van der Waals surface area contributed by atoms with Gasteiger partial charge in [0.05, 0.1) is 6.42 Å². The quantitative estimate of drug-likeness (QED) is 0.675. The Kier molecular flexibility index (Phi) is 6.29. The van der Waals surface area contributed by atoms with E-state index in [-0.39, 0.29) is 18.0 Å². The Balaban J connectivity index is 0.000000241. The van der Waals surface area contributed by atoms with E-state index in [0.717, 1.165) is 0 Å². The van der Waals surface area contributed by atoms with Crippen LogP contribution < -0.4 is 0 Å². The van der Waals surface area contributed by atoms with Crippen LogP contribution in [0.2, 0.25) is 0 Å². The van der Waals surface area contributed by atoms with Crippen LogP contribution >= 0.6 is 0 Å². The molecule has 2 heteroatoms. The number of carbonyl (C=O) groups is 2. The van der Waals surface area contributed by atoms with E-state index in [2.05, 4.69) is 19.1 Å². The molecule has 1 rings (SSSR count). The van der Waals surface area contributed by atoms with Gasteiger partial charge in [-0.2, -0.15) is 0 Å². The van der Waals surface area contributed by atoms with Crippen molar-refractivity contribution in [3.63, 3.8) is 0 Å². The summed E-state index contributed by atoms with van der Waals surface area (Å²) in [5, 5.41) is 0. The van der Waals surface area contributed by atoms with Crippen molar-refractivity contribution in [1.82, 2.24) is 0 Å². The first-order valence-corrected chi connectivity index (χ1v) is 4.53. The van der Waals surface area contributed by atoms with Gasteiger partial charge in [0.1, 0.15) is 11.6 Å². The average Bonchev–Trinajstić information content (AvgIpc) is 2.03. The second-order valence-corrected chi connectivity index (χ2v) is 3.24. The van der Waals surface area contributed by atoms with Gasteiger partial charge in [-0.25, -0.2) is 0 Å². The van der Waals surface area contributed by atoms with E-state index in [1.807, 2.05) is 18.2 Å². The highest BCUT2D eigenvalue weighted by Gasteiger charge is 1.94. The lowest BCUT2D eigenvalue weighted by Gasteiger charge is -1.82. The van der Waals surface area contributed by atoms with Gasteiger partial charge in [-0.05, 0) is 20.8 Å². The van der Waals surface area contributed by atoms with Gasteiger partial charge in [0, 0.05) is 0 Å². The Hall–Kier alpha value is -1.44. The molecule has 0 amide bonds. The molecule has 0 atom stereocenters. The zero-order valence-corrected chi connectivity index (χ0v) is 8.91. The number of benzene rings is 1. The highest BCUT2D eigenvalue weighted by Crippen LogP contribution is 1.92. The Morgan fingerprint density at radius 2 is 1.43 bits per heavy atom. The van der Waals surface area contributed by atoms with Gasteiger partial charge in [-0.3, -0.25) is 9.59 Å². The molecule has 2 nitrogen and oxygen atoms in total. The number of hydrogen-bond donors (Lipinski definition) is 0. The molecule has 1 aromatic rings. The normalized spacial score (nSPS) is 8.50. The van der Waals surface area contributed by atoms with E-state index in [4.69, 9.17) is 0 Å². The van der Waals surface area contributed by atoms with Crippen molar-refractivity contribution in [2.24, 2.45) is 0 Å². The lowest BCUT2D eigenvalue weighted by Crippen LogP contribution is -1.97. The molecule has 0 N–H and O–H groups in total. The number of rotatable bonds is 2. The summed E-state index contributed by atoms with van der Waals surface area (Å²) in [5.74, 6) is -0.125. The third-order valence-electron chi connectivity index (χ3n) is 1.44. The summed E-state index contributed by atoms with van der Waals surface area (Å²) in [4.78, 5) is 20.1. The van der Waals surface area contributed by atoms with Crippen molar-refractivity contribution in [2.45, 2.75) is 27.2 Å². The van der Waals surface area contributed by atoms with E-state index in [9.17, 15) is 9.59 Å². The van der Waals surface area contributed by atoms with Crippen molar-refractivity contribution in [1.29, 1.82) is 0 Å². The first kappa shape index (κ1) is 12.6. The maximum atomic E-state index is 10.0. The molecule has 0 spiro atoms. The molecular formula is C12H16O2. The first-order chi connectivity index (χ1) is 6.52. The number of Topliss-reactive ketones (excluding diaryl/α,β-unsaturated/α-hetero) is 2. The van der Waals surface area contributed by atoms with Crippen LogP contribution in [0.4, 0.5) is 0 Å². The SMILES string of the molecule is CC(=O)CC(C)=O.Cc1ccccc1. The average molecular weight is 192 g/mol. The molecule has 0 radical (unpaired) electrons. The standard InChI is InChI=1S/C7H8.C5H8O2/c1-7-5-3-2-4-6-7;1-4(6)3-5(2)7/h2-6H,1H3;3H2,1-2H3. The summed E-state index contributed by atoms with van der Waals surface area (Å²) in [6.07, 6.45) is 0.0833. The summed E-state index contributed by atoms with van der Waals surface area (Å²) in [6, 6.07) is 10.3. The number of carbonyl (C=O) groups excluding carboxylic acids is 2. The maximum absolute atomic E-state index is 10.0. The van der Waals surface area contributed by atoms with E-state index >= 15 is 0 Å². The lowest BCUT2D eigenvalue weighted by atomic mass is 10.2. The zero-order valence-electron chi connectivity index (χ0n) is 8.91. The smallest absolute Gasteiger partial charge is 0.137 e. The molecule has 0 aliphatic rings. The van der Waals surface area contributed by atoms with Crippen LogP contribution in [0, 0.1) is 6.92 Å². The monoisotopic (exact) mass is 192 g/mol. The van der Waals surface area contributed by atoms with Crippen molar-refractivity contribution in [3.8, 4) is 0 Å². The molecule has 0 heterocycles. The van der Waals surface area contributed by atoms with Gasteiger partial charge in [0.15, 0.2) is 0 Å². The van der Waals surface area contributed by atoms with Crippen LogP contribution in [-0.4, -0.2) is 11.6 Å². The minimum Gasteiger partial charge on any atom is -0.300 e. The fraction of sp³-hybridized carbons (Fsp3) is 0.333. The number of hydrogen-bond acceptors (Lipinski definition) is 2. The third kappa shape index (κ3) is 8.65. The van der Waals surface area contributed by atoms with Crippen LogP contribution in [0.1, 0.15) is 25.8 Å². The molecule has 0 bridgehead atoms. The van der Waals surface area contributed by atoms with Gasteiger partial charge in [0.2, 0.25) is 0 Å². The molecule has 0 saturated carbocycles. The molecule has 76 valence electrons. The number of aryl methyl sites for hydroxylation is 1. The number of ketones is 2. The van der Waals surface area contributed by atoms with Gasteiger partial charge in [0.25, 0.3) is 0 Å². The van der Waals surface area contributed by atoms with Crippen LogP contribution in [0.3, 0.4) is 0 Å². The molecule has 14 heavy (non-hydrogen) atoms. The minimum absolute atomic E-state index is 0.0625. The van der Waals surface area contributed by atoms with Crippen molar-refractivity contribution >= 4 is 11.6 Å². The molecule has 0 saturated heterocycles. The van der Waals surface area contributed by atoms with Crippen molar-refractivity contribution in [2.75, 3.05) is 0 Å². The Morgan fingerprint density at radius 1 is 1.00 bits per heavy atom. The molecule has 0 unspecified atom stereocenters. The molecule has 1 aromatic carbocycles. The summed E-state index contributed by atoms with van der Waals surface area (Å²) in [6.45, 7) is 4.89. The fourth-order valence-electron chi connectivity index (χ4n) is 0.885. The summed E-state index contributed by atoms with van der Waals surface area (Å²) in [7, 11) is 0. The van der Waals surface area contributed by atoms with Crippen LogP contribution in [-0.2, 0) is 9.59 Å². The van der Waals surface area contributed by atoms with Crippen LogP contribution in [0.15, 0.2) is 30.3 Å². The van der Waals surface area contributed by atoms with E-state index in [0.29, 0.717) is 0 Å². The van der Waals surface area contributed by atoms with E-state index in [1.165, 1.54) is 19.4 Å². The lowest BCUT2D eigenvalue weighted by molar-refractivity contribution is -0.124. The Morgan fingerprint density at radius 3 is 1.57 bits per heavy atom. The second-order valence-electron chi connectivity index (χ2n) is 3.24. The Labute approximate surface area is 84.9 Å². The van der Waals surface area contributed by atoms with Crippen LogP contribution in [0.5, 0.6) is 0 Å². The van der Waals surface area contributed by atoms with E-state index in [1.54, 1.807) is 0 Å². The molecular weight excluding hydrogens is 176 g/mol. The summed E-state index contributed by atoms with van der Waals surface area (Å²) >= 11 is 0.